The molecule has 1 aliphatic heterocycles. The molecule has 1 heterocycles. The topological polar surface area (TPSA) is 107 Å². The van der Waals surface area contributed by atoms with Crippen LogP contribution in [0.15, 0.2) is 24.3 Å². The number of carboxylic acids is 1. The second kappa shape index (κ2) is 5.03. The van der Waals surface area contributed by atoms with Gasteiger partial charge in [-0.1, -0.05) is 12.1 Å². The van der Waals surface area contributed by atoms with E-state index in [0.29, 0.717) is 5.56 Å². The van der Waals surface area contributed by atoms with Gasteiger partial charge in [0.15, 0.2) is 0 Å². The molecule has 0 unspecified atom stereocenters. The number of aliphatic hydroxyl groups excluding tert-OH is 3. The van der Waals surface area contributed by atoms with Crippen LogP contribution in [0.1, 0.15) is 22.0 Å². The van der Waals surface area contributed by atoms with E-state index < -0.39 is 37.0 Å². The Morgan fingerprint density at radius 1 is 1.28 bits per heavy atom. The average molecular weight is 254 g/mol. The Morgan fingerprint density at radius 2 is 2.00 bits per heavy atom. The van der Waals surface area contributed by atoms with Gasteiger partial charge in [-0.25, -0.2) is 4.79 Å². The molecule has 0 amide bonds. The van der Waals surface area contributed by atoms with Gasteiger partial charge in [-0.3, -0.25) is 0 Å². The summed E-state index contributed by atoms with van der Waals surface area (Å²) < 4.78 is 5.31. The fourth-order valence-electron chi connectivity index (χ4n) is 2.02. The summed E-state index contributed by atoms with van der Waals surface area (Å²) in [6.07, 6.45) is -4.07. The largest absolute Gasteiger partial charge is 0.478 e. The minimum Gasteiger partial charge on any atom is -0.478 e. The van der Waals surface area contributed by atoms with Crippen molar-refractivity contribution in [1.29, 1.82) is 0 Å². The predicted octanol–water partition coefficient (Wildman–Crippen LogP) is -0.461. The van der Waals surface area contributed by atoms with Crippen molar-refractivity contribution in [2.45, 2.75) is 24.4 Å². The highest BCUT2D eigenvalue weighted by molar-refractivity contribution is 5.87. The maximum Gasteiger partial charge on any atom is 0.335 e. The van der Waals surface area contributed by atoms with Crippen molar-refractivity contribution in [3.8, 4) is 0 Å². The number of benzene rings is 1. The van der Waals surface area contributed by atoms with Crippen molar-refractivity contribution in [2.24, 2.45) is 0 Å². The Balaban J connectivity index is 2.27. The highest BCUT2D eigenvalue weighted by Crippen LogP contribution is 2.33. The van der Waals surface area contributed by atoms with Gasteiger partial charge in [0.05, 0.1) is 12.2 Å². The summed E-state index contributed by atoms with van der Waals surface area (Å²) in [4.78, 5) is 10.8. The number of carbonyl (C=O) groups is 1. The highest BCUT2D eigenvalue weighted by atomic mass is 16.6. The molecule has 0 aromatic heterocycles. The summed E-state index contributed by atoms with van der Waals surface area (Å²) in [5, 5.41) is 37.3. The van der Waals surface area contributed by atoms with Gasteiger partial charge in [-0.15, -0.1) is 0 Å². The molecule has 0 radical (unpaired) electrons. The van der Waals surface area contributed by atoms with Crippen LogP contribution >= 0.6 is 0 Å². The van der Waals surface area contributed by atoms with E-state index in [-0.39, 0.29) is 5.56 Å². The van der Waals surface area contributed by atoms with Crippen LogP contribution in [0.5, 0.6) is 0 Å². The van der Waals surface area contributed by atoms with Gasteiger partial charge in [-0.05, 0) is 17.7 Å². The molecule has 0 aliphatic carbocycles. The van der Waals surface area contributed by atoms with Crippen LogP contribution in [0.3, 0.4) is 0 Å². The third kappa shape index (κ3) is 2.23. The maximum absolute atomic E-state index is 10.8. The normalized spacial score (nSPS) is 31.5. The fourth-order valence-corrected chi connectivity index (χ4v) is 2.02. The van der Waals surface area contributed by atoms with Gasteiger partial charge in [0.1, 0.15) is 24.4 Å². The van der Waals surface area contributed by atoms with Crippen LogP contribution in [0.25, 0.3) is 0 Å². The van der Waals surface area contributed by atoms with Crippen LogP contribution in [0.4, 0.5) is 0 Å². The number of aromatic carboxylic acids is 1. The van der Waals surface area contributed by atoms with Crippen molar-refractivity contribution in [2.75, 3.05) is 6.61 Å². The van der Waals surface area contributed by atoms with E-state index in [1.165, 1.54) is 18.2 Å². The van der Waals surface area contributed by atoms with Gasteiger partial charge < -0.3 is 25.2 Å². The summed E-state index contributed by atoms with van der Waals surface area (Å²) in [6, 6.07) is 5.94. The molecule has 1 saturated heterocycles. The predicted molar refractivity (Wildman–Crippen MR) is 60.1 cm³/mol. The first-order valence-corrected chi connectivity index (χ1v) is 5.50. The van der Waals surface area contributed by atoms with Crippen molar-refractivity contribution in [3.63, 3.8) is 0 Å². The molecular weight excluding hydrogens is 240 g/mol. The number of aliphatic hydroxyl groups is 3. The van der Waals surface area contributed by atoms with E-state index >= 15 is 0 Å². The van der Waals surface area contributed by atoms with E-state index in [9.17, 15) is 15.0 Å². The Labute approximate surface area is 103 Å². The van der Waals surface area contributed by atoms with E-state index in [2.05, 4.69) is 0 Å². The van der Waals surface area contributed by atoms with Gasteiger partial charge in [0.25, 0.3) is 0 Å². The molecule has 0 spiro atoms. The highest BCUT2D eigenvalue weighted by Gasteiger charge is 2.43. The first-order chi connectivity index (χ1) is 8.54. The zero-order chi connectivity index (χ0) is 13.3. The van der Waals surface area contributed by atoms with Gasteiger partial charge in [-0.2, -0.15) is 0 Å². The summed E-state index contributed by atoms with van der Waals surface area (Å²) in [6.45, 7) is -0.409. The van der Waals surface area contributed by atoms with Crippen LogP contribution < -0.4 is 0 Å². The first kappa shape index (κ1) is 13.0. The first-order valence-electron chi connectivity index (χ1n) is 5.50. The molecule has 6 heteroatoms. The Kier molecular flexibility index (Phi) is 3.63. The lowest BCUT2D eigenvalue weighted by Crippen LogP contribution is -2.32. The summed E-state index contributed by atoms with van der Waals surface area (Å²) in [5.74, 6) is -1.08. The fraction of sp³-hybridized carbons (Fsp3) is 0.417. The molecule has 1 aromatic rings. The quantitative estimate of drug-likeness (QED) is 0.581. The standard InChI is InChI=1S/C12H14O6/c13-5-8-9(14)10(15)11(18-8)6-2-1-3-7(4-6)12(16)17/h1-4,8-11,13-15H,5H2,(H,16,17)/t8-,9-,10-,11+/m1/s1. The van der Waals surface area contributed by atoms with Gasteiger partial charge in [0, 0.05) is 0 Å². The van der Waals surface area contributed by atoms with Crippen molar-refractivity contribution in [3.05, 3.63) is 35.4 Å². The van der Waals surface area contributed by atoms with Crippen LogP contribution in [0.2, 0.25) is 0 Å². The van der Waals surface area contributed by atoms with Crippen molar-refractivity contribution < 1.29 is 30.0 Å². The molecule has 0 bridgehead atoms. The van der Waals surface area contributed by atoms with Crippen molar-refractivity contribution >= 4 is 5.97 Å². The molecular formula is C12H14O6. The molecule has 4 N–H and O–H groups in total. The minimum absolute atomic E-state index is 0.0743. The second-order valence-electron chi connectivity index (χ2n) is 4.19. The molecule has 4 atom stereocenters. The lowest BCUT2D eigenvalue weighted by molar-refractivity contribution is -0.0227. The van der Waals surface area contributed by atoms with Gasteiger partial charge >= 0.3 is 5.97 Å². The Bertz CT molecular complexity index is 446. The summed E-state index contributed by atoms with van der Waals surface area (Å²) in [7, 11) is 0. The average Bonchev–Trinajstić information content (AvgIpc) is 2.66. The van der Waals surface area contributed by atoms with Crippen LogP contribution in [0, 0.1) is 0 Å². The summed E-state index contributed by atoms with van der Waals surface area (Å²) >= 11 is 0. The summed E-state index contributed by atoms with van der Waals surface area (Å²) in [5.41, 5.74) is 0.530. The zero-order valence-electron chi connectivity index (χ0n) is 9.43. The second-order valence-corrected chi connectivity index (χ2v) is 4.19. The number of carboxylic acid groups (broad SMARTS) is 1. The van der Waals surface area contributed by atoms with E-state index in [1.807, 2.05) is 0 Å². The number of hydrogen-bond acceptors (Lipinski definition) is 5. The smallest absolute Gasteiger partial charge is 0.335 e. The van der Waals surface area contributed by atoms with E-state index in [1.54, 1.807) is 6.07 Å². The Hall–Kier alpha value is -1.47. The third-order valence-corrected chi connectivity index (χ3v) is 3.00. The molecule has 0 saturated carbocycles. The molecule has 1 aliphatic rings. The molecule has 1 aromatic carbocycles. The van der Waals surface area contributed by atoms with Crippen molar-refractivity contribution in [1.82, 2.24) is 0 Å². The lowest BCUT2D eigenvalue weighted by atomic mass is 10.00. The number of hydrogen-bond donors (Lipinski definition) is 4. The van der Waals surface area contributed by atoms with Crippen LogP contribution in [-0.4, -0.2) is 51.3 Å². The minimum atomic E-state index is -1.19. The third-order valence-electron chi connectivity index (χ3n) is 3.00. The van der Waals surface area contributed by atoms with E-state index in [4.69, 9.17) is 14.9 Å². The van der Waals surface area contributed by atoms with E-state index in [0.717, 1.165) is 0 Å². The molecule has 1 fully saturated rings. The molecule has 6 nitrogen and oxygen atoms in total. The number of rotatable bonds is 3. The lowest BCUT2D eigenvalue weighted by Gasteiger charge is -2.15. The number of ether oxygens (including phenoxy) is 1. The Morgan fingerprint density at radius 3 is 2.56 bits per heavy atom. The SMILES string of the molecule is O=C(O)c1cccc([C@@H]2O[C@H](CO)[C@@H](O)[C@H]2O)c1. The molecule has 18 heavy (non-hydrogen) atoms. The monoisotopic (exact) mass is 254 g/mol. The van der Waals surface area contributed by atoms with Gasteiger partial charge in [0.2, 0.25) is 0 Å². The van der Waals surface area contributed by atoms with Crippen LogP contribution in [-0.2, 0) is 4.74 Å². The maximum atomic E-state index is 10.8. The molecule has 2 rings (SSSR count). The molecule has 98 valence electrons. The zero-order valence-corrected chi connectivity index (χ0v) is 9.43.